The molecule has 0 aliphatic carbocycles. The topological polar surface area (TPSA) is 116 Å². The van der Waals surface area contributed by atoms with E-state index in [-0.39, 0.29) is 36.7 Å². The Kier molecular flexibility index (Phi) is 7.71. The largest absolute Gasteiger partial charge is 0.382 e. The van der Waals surface area contributed by atoms with E-state index in [1.807, 2.05) is 6.92 Å². The Morgan fingerprint density at radius 1 is 1.18 bits per heavy atom. The van der Waals surface area contributed by atoms with Crippen LogP contribution in [0.3, 0.4) is 0 Å². The Bertz CT molecular complexity index is 1550. The highest BCUT2D eigenvalue weighted by molar-refractivity contribution is 7.14. The number of nitrogens with one attached hydrogen (secondary N) is 3. The lowest BCUT2D eigenvalue weighted by atomic mass is 10.1. The maximum atomic E-state index is 13.6. The van der Waals surface area contributed by atoms with E-state index in [0.29, 0.717) is 30.0 Å². The number of carbonyl (C=O) groups excluding carboxylic acids is 3. The second-order valence-corrected chi connectivity index (χ2v) is 10.6. The zero-order valence-corrected chi connectivity index (χ0v) is 22.4. The van der Waals surface area contributed by atoms with Gasteiger partial charge >= 0.3 is 0 Å². The van der Waals surface area contributed by atoms with Gasteiger partial charge in [-0.1, -0.05) is 6.07 Å². The third-order valence-corrected chi connectivity index (χ3v) is 8.03. The SMILES string of the molecule is COC[C@@H](NC(=O)c1ccc2[nH]ncc2c1)C(=O)N1CCc2sc(C(=O)NCc3cc(F)ccc3C)cc2C1. The lowest BCUT2D eigenvalue weighted by Crippen LogP contribution is -2.51. The van der Waals surface area contributed by atoms with Gasteiger partial charge in [0.2, 0.25) is 5.91 Å². The van der Waals surface area contributed by atoms with Crippen LogP contribution in [0.5, 0.6) is 0 Å². The van der Waals surface area contributed by atoms with Gasteiger partial charge in [0, 0.05) is 42.6 Å². The van der Waals surface area contributed by atoms with Gasteiger partial charge in [0.25, 0.3) is 11.8 Å². The standard InChI is InChI=1S/C28H28FN5O4S/c1-16-3-5-21(29)10-18(16)12-30-27(36)25-11-20-14-34(8-7-24(20)39-25)28(37)23(15-38-2)32-26(35)17-4-6-22-19(9-17)13-31-33-22/h3-6,9-11,13,23H,7-8,12,14-15H2,1-2H3,(H,30,36)(H,31,33)(H,32,35)/t23-/m1/s1. The first-order valence-corrected chi connectivity index (χ1v) is 13.3. The number of ether oxygens (including phenoxy) is 1. The first-order chi connectivity index (χ1) is 18.8. The maximum absolute atomic E-state index is 13.6. The molecule has 1 atom stereocenters. The van der Waals surface area contributed by atoms with Crippen molar-refractivity contribution in [1.82, 2.24) is 25.7 Å². The van der Waals surface area contributed by atoms with E-state index in [2.05, 4.69) is 20.8 Å². The first-order valence-electron chi connectivity index (χ1n) is 12.5. The lowest BCUT2D eigenvalue weighted by Gasteiger charge is -2.30. The van der Waals surface area contributed by atoms with Crippen molar-refractivity contribution in [2.24, 2.45) is 0 Å². The van der Waals surface area contributed by atoms with Crippen LogP contribution in [-0.4, -0.2) is 59.1 Å². The predicted octanol–water partition coefficient (Wildman–Crippen LogP) is 3.33. The number of benzene rings is 2. The monoisotopic (exact) mass is 549 g/mol. The van der Waals surface area contributed by atoms with Gasteiger partial charge in [-0.25, -0.2) is 4.39 Å². The van der Waals surface area contributed by atoms with Crippen LogP contribution in [0.2, 0.25) is 0 Å². The van der Waals surface area contributed by atoms with Gasteiger partial charge in [-0.2, -0.15) is 5.10 Å². The number of rotatable bonds is 8. The molecule has 9 nitrogen and oxygen atoms in total. The maximum Gasteiger partial charge on any atom is 0.261 e. The number of H-pyrrole nitrogens is 1. The normalized spacial score (nSPS) is 13.7. The molecule has 0 fully saturated rings. The highest BCUT2D eigenvalue weighted by atomic mass is 32.1. The zero-order valence-electron chi connectivity index (χ0n) is 21.5. The molecule has 11 heteroatoms. The van der Waals surface area contributed by atoms with Crippen LogP contribution in [0.15, 0.2) is 48.7 Å². The van der Waals surface area contributed by atoms with Crippen LogP contribution in [-0.2, 0) is 29.0 Å². The van der Waals surface area contributed by atoms with Gasteiger partial charge in [-0.3, -0.25) is 19.5 Å². The number of hydrogen-bond donors (Lipinski definition) is 3. The molecule has 0 saturated heterocycles. The summed E-state index contributed by atoms with van der Waals surface area (Å²) in [4.78, 5) is 42.4. The number of nitrogens with zero attached hydrogens (tertiary/aromatic N) is 2. The van der Waals surface area contributed by atoms with Crippen molar-refractivity contribution >= 4 is 40.0 Å². The molecule has 5 rings (SSSR count). The summed E-state index contributed by atoms with van der Waals surface area (Å²) >= 11 is 1.40. The van der Waals surface area contributed by atoms with Crippen molar-refractivity contribution in [3.05, 3.63) is 86.5 Å². The number of aromatic nitrogens is 2. The van der Waals surface area contributed by atoms with E-state index in [4.69, 9.17) is 4.74 Å². The summed E-state index contributed by atoms with van der Waals surface area (Å²) in [7, 11) is 1.48. The minimum absolute atomic E-state index is 0.0265. The summed E-state index contributed by atoms with van der Waals surface area (Å²) in [5, 5.41) is 13.3. The summed E-state index contributed by atoms with van der Waals surface area (Å²) in [6, 6.07) is 10.6. The average molecular weight is 550 g/mol. The van der Waals surface area contributed by atoms with Crippen LogP contribution in [0.4, 0.5) is 4.39 Å². The lowest BCUT2D eigenvalue weighted by molar-refractivity contribution is -0.135. The number of amides is 3. The molecule has 202 valence electrons. The van der Waals surface area contributed by atoms with Crippen molar-refractivity contribution in [3.63, 3.8) is 0 Å². The Hall–Kier alpha value is -4.09. The molecule has 0 radical (unpaired) electrons. The van der Waals surface area contributed by atoms with E-state index < -0.39 is 6.04 Å². The van der Waals surface area contributed by atoms with Crippen molar-refractivity contribution < 1.29 is 23.5 Å². The van der Waals surface area contributed by atoms with Crippen LogP contribution in [0.1, 0.15) is 41.6 Å². The molecule has 4 aromatic rings. The van der Waals surface area contributed by atoms with E-state index in [9.17, 15) is 18.8 Å². The first kappa shape index (κ1) is 26.5. The molecule has 39 heavy (non-hydrogen) atoms. The molecular formula is C28H28FN5O4S. The molecule has 0 saturated carbocycles. The van der Waals surface area contributed by atoms with Gasteiger partial charge in [0.15, 0.2) is 0 Å². The minimum Gasteiger partial charge on any atom is -0.382 e. The quantitative estimate of drug-likeness (QED) is 0.312. The number of fused-ring (bicyclic) bond motifs is 2. The van der Waals surface area contributed by atoms with Crippen LogP contribution in [0, 0.1) is 12.7 Å². The summed E-state index contributed by atoms with van der Waals surface area (Å²) in [6.07, 6.45) is 2.24. The molecule has 2 aromatic carbocycles. The van der Waals surface area contributed by atoms with Crippen molar-refractivity contribution in [2.75, 3.05) is 20.3 Å². The van der Waals surface area contributed by atoms with Crippen LogP contribution < -0.4 is 10.6 Å². The predicted molar refractivity (Wildman–Crippen MR) is 145 cm³/mol. The Morgan fingerprint density at radius 3 is 2.85 bits per heavy atom. The van der Waals surface area contributed by atoms with Gasteiger partial charge in [0.05, 0.1) is 23.2 Å². The van der Waals surface area contributed by atoms with E-state index >= 15 is 0 Å². The van der Waals surface area contributed by atoms with Crippen molar-refractivity contribution in [1.29, 1.82) is 0 Å². The van der Waals surface area contributed by atoms with Gasteiger partial charge in [0.1, 0.15) is 11.9 Å². The van der Waals surface area contributed by atoms with Crippen molar-refractivity contribution in [2.45, 2.75) is 32.5 Å². The average Bonchev–Trinajstić information content (AvgIpc) is 3.59. The fraction of sp³-hybridized carbons (Fsp3) is 0.286. The number of aromatic amines is 1. The second-order valence-electron chi connectivity index (χ2n) is 9.48. The van der Waals surface area contributed by atoms with Gasteiger partial charge in [-0.15, -0.1) is 11.3 Å². The molecule has 3 heterocycles. The van der Waals surface area contributed by atoms with Crippen LogP contribution >= 0.6 is 11.3 Å². The Morgan fingerprint density at radius 2 is 2.03 bits per heavy atom. The summed E-state index contributed by atoms with van der Waals surface area (Å²) in [5.41, 5.74) is 3.75. The van der Waals surface area contributed by atoms with Crippen molar-refractivity contribution in [3.8, 4) is 0 Å². The Balaban J connectivity index is 1.23. The third kappa shape index (κ3) is 5.84. The number of hydrogen-bond acceptors (Lipinski definition) is 6. The fourth-order valence-corrected chi connectivity index (χ4v) is 5.69. The van der Waals surface area contributed by atoms with E-state index in [1.165, 1.54) is 30.6 Å². The van der Waals surface area contributed by atoms with E-state index in [1.54, 1.807) is 41.4 Å². The minimum atomic E-state index is -0.861. The smallest absolute Gasteiger partial charge is 0.261 e. The molecular weight excluding hydrogens is 521 g/mol. The number of halogens is 1. The fourth-order valence-electron chi connectivity index (χ4n) is 4.61. The molecule has 0 spiro atoms. The molecule has 3 amide bonds. The number of aryl methyl sites for hydroxylation is 1. The van der Waals surface area contributed by atoms with Crippen LogP contribution in [0.25, 0.3) is 10.9 Å². The molecule has 3 N–H and O–H groups in total. The Labute approximate surface area is 228 Å². The second kappa shape index (κ2) is 11.3. The number of methoxy groups -OCH3 is 1. The molecule has 1 aliphatic heterocycles. The third-order valence-electron chi connectivity index (χ3n) is 6.79. The molecule has 0 unspecified atom stereocenters. The molecule has 2 aromatic heterocycles. The molecule has 0 bridgehead atoms. The summed E-state index contributed by atoms with van der Waals surface area (Å²) in [6.45, 7) is 2.92. The highest BCUT2D eigenvalue weighted by Crippen LogP contribution is 2.29. The zero-order chi connectivity index (χ0) is 27.5. The molecule has 1 aliphatic rings. The van der Waals surface area contributed by atoms with Gasteiger partial charge in [-0.05, 0) is 66.4 Å². The van der Waals surface area contributed by atoms with Gasteiger partial charge < -0.3 is 20.3 Å². The number of thiophene rings is 1. The summed E-state index contributed by atoms with van der Waals surface area (Å²) in [5.74, 6) is -1.22. The summed E-state index contributed by atoms with van der Waals surface area (Å²) < 4.78 is 18.8. The highest BCUT2D eigenvalue weighted by Gasteiger charge is 2.30. The number of carbonyl (C=O) groups is 3. The van der Waals surface area contributed by atoms with E-state index in [0.717, 1.165) is 32.5 Å².